The number of hydrogen-bond donors (Lipinski definition) is 0. The molecule has 1 saturated carbocycles. The minimum absolute atomic E-state index is 0.185. The van der Waals surface area contributed by atoms with E-state index in [1.807, 2.05) is 0 Å². The van der Waals surface area contributed by atoms with Crippen LogP contribution in [0, 0.1) is 0 Å². The molecule has 2 heteroatoms. The van der Waals surface area contributed by atoms with Crippen LogP contribution in [0.4, 0.5) is 0 Å². The van der Waals surface area contributed by atoms with Crippen molar-refractivity contribution in [3.8, 4) is 0 Å². The molecule has 1 fully saturated rings. The molecule has 0 heterocycles. The Morgan fingerprint density at radius 3 is 2.40 bits per heavy atom. The molecule has 0 aromatic carbocycles. The first-order valence-electron chi connectivity index (χ1n) is 6.53. The number of halogens is 1. The molecule has 0 bridgehead atoms. The minimum Gasteiger partial charge on any atom is -0.374 e. The molecule has 1 aliphatic rings. The molecule has 0 radical (unpaired) electrons. The van der Waals surface area contributed by atoms with Crippen LogP contribution < -0.4 is 0 Å². The molecule has 0 aromatic rings. The molecule has 0 unspecified atom stereocenters. The van der Waals surface area contributed by atoms with E-state index in [2.05, 4.69) is 22.9 Å². The number of unbranched alkanes of at least 4 members (excludes halogenated alkanes) is 3. The summed E-state index contributed by atoms with van der Waals surface area (Å²) in [6.45, 7) is 3.22. The molecule has 0 saturated heterocycles. The largest absolute Gasteiger partial charge is 0.374 e. The Balaban J connectivity index is 2.15. The topological polar surface area (TPSA) is 9.23 Å². The summed E-state index contributed by atoms with van der Waals surface area (Å²) < 4.78 is 6.12. The molecule has 0 spiro atoms. The first-order chi connectivity index (χ1) is 7.33. The van der Waals surface area contributed by atoms with Crippen molar-refractivity contribution in [3.05, 3.63) is 0 Å². The first-order valence-corrected chi connectivity index (χ1v) is 7.65. The van der Waals surface area contributed by atoms with Gasteiger partial charge in [0.2, 0.25) is 0 Å². The van der Waals surface area contributed by atoms with Crippen molar-refractivity contribution in [1.29, 1.82) is 0 Å². The van der Waals surface area contributed by atoms with Crippen molar-refractivity contribution < 1.29 is 4.74 Å². The van der Waals surface area contributed by atoms with Crippen molar-refractivity contribution in [1.82, 2.24) is 0 Å². The molecule has 0 N–H and O–H groups in total. The summed E-state index contributed by atoms with van der Waals surface area (Å²) in [6, 6.07) is 0. The minimum atomic E-state index is 0.185. The van der Waals surface area contributed by atoms with Gasteiger partial charge in [-0.3, -0.25) is 0 Å². The second-order valence-electron chi connectivity index (χ2n) is 4.79. The van der Waals surface area contributed by atoms with Crippen molar-refractivity contribution in [2.45, 2.75) is 70.3 Å². The van der Waals surface area contributed by atoms with Crippen LogP contribution in [0.5, 0.6) is 0 Å². The van der Waals surface area contributed by atoms with Gasteiger partial charge >= 0.3 is 0 Å². The maximum atomic E-state index is 6.12. The van der Waals surface area contributed by atoms with Crippen LogP contribution in [0.2, 0.25) is 0 Å². The Morgan fingerprint density at radius 2 is 1.80 bits per heavy atom. The van der Waals surface area contributed by atoms with E-state index in [1.54, 1.807) is 0 Å². The van der Waals surface area contributed by atoms with Gasteiger partial charge in [0.25, 0.3) is 0 Å². The molecule has 0 amide bonds. The summed E-state index contributed by atoms with van der Waals surface area (Å²) in [5, 5.41) is 1.02. The van der Waals surface area contributed by atoms with Gasteiger partial charge in [-0.25, -0.2) is 0 Å². The lowest BCUT2D eigenvalue weighted by atomic mass is 9.86. The van der Waals surface area contributed by atoms with E-state index in [-0.39, 0.29) is 5.60 Å². The van der Waals surface area contributed by atoms with Gasteiger partial charge in [0.15, 0.2) is 0 Å². The zero-order valence-electron chi connectivity index (χ0n) is 10.1. The normalized spacial score (nSPS) is 20.4. The molecule has 1 rings (SSSR count). The summed E-state index contributed by atoms with van der Waals surface area (Å²) in [7, 11) is 0. The Labute approximate surface area is 103 Å². The molecular formula is C13H25BrO. The standard InChI is InChI=1S/C13H25BrO/c1-2-3-4-8-11-15-13(12-14)9-6-5-7-10-13/h2-12H2,1H3. The summed E-state index contributed by atoms with van der Waals surface area (Å²) in [4.78, 5) is 0. The maximum absolute atomic E-state index is 6.12. The van der Waals surface area contributed by atoms with Crippen molar-refractivity contribution in [2.24, 2.45) is 0 Å². The van der Waals surface area contributed by atoms with Crippen LogP contribution in [-0.2, 0) is 4.74 Å². The smallest absolute Gasteiger partial charge is 0.0778 e. The third kappa shape index (κ3) is 4.86. The van der Waals surface area contributed by atoms with Crippen LogP contribution in [0.3, 0.4) is 0 Å². The number of alkyl halides is 1. The number of ether oxygens (including phenoxy) is 1. The summed E-state index contributed by atoms with van der Waals surface area (Å²) in [6.07, 6.45) is 11.8. The SMILES string of the molecule is CCCCCCOC1(CBr)CCCCC1. The quantitative estimate of drug-likeness (QED) is 0.485. The van der Waals surface area contributed by atoms with E-state index in [0.29, 0.717) is 0 Å². The predicted octanol–water partition coefficient (Wildman–Crippen LogP) is 4.68. The van der Waals surface area contributed by atoms with Crippen molar-refractivity contribution in [2.75, 3.05) is 11.9 Å². The van der Waals surface area contributed by atoms with Gasteiger partial charge in [-0.05, 0) is 19.3 Å². The fourth-order valence-electron chi connectivity index (χ4n) is 2.33. The highest BCUT2D eigenvalue weighted by molar-refractivity contribution is 9.09. The van der Waals surface area contributed by atoms with Gasteiger partial charge in [-0.1, -0.05) is 61.4 Å². The van der Waals surface area contributed by atoms with Gasteiger partial charge in [0.05, 0.1) is 5.60 Å². The summed E-state index contributed by atoms with van der Waals surface area (Å²) >= 11 is 3.63. The third-order valence-electron chi connectivity index (χ3n) is 3.41. The van der Waals surface area contributed by atoms with Gasteiger partial charge in [0.1, 0.15) is 0 Å². The monoisotopic (exact) mass is 276 g/mol. The second-order valence-corrected chi connectivity index (χ2v) is 5.35. The van der Waals surface area contributed by atoms with Crippen LogP contribution in [0.15, 0.2) is 0 Å². The summed E-state index contributed by atoms with van der Waals surface area (Å²) in [5.74, 6) is 0. The maximum Gasteiger partial charge on any atom is 0.0778 e. The third-order valence-corrected chi connectivity index (χ3v) is 4.44. The molecular weight excluding hydrogens is 252 g/mol. The Kier molecular flexibility index (Phi) is 6.91. The average molecular weight is 277 g/mol. The molecule has 0 aromatic heterocycles. The number of hydrogen-bond acceptors (Lipinski definition) is 1. The van der Waals surface area contributed by atoms with Crippen molar-refractivity contribution in [3.63, 3.8) is 0 Å². The zero-order chi connectivity index (χ0) is 11.0. The fourth-order valence-corrected chi connectivity index (χ4v) is 3.05. The van der Waals surface area contributed by atoms with Gasteiger partial charge in [0, 0.05) is 11.9 Å². The van der Waals surface area contributed by atoms with E-state index in [9.17, 15) is 0 Å². The highest BCUT2D eigenvalue weighted by Crippen LogP contribution is 2.33. The van der Waals surface area contributed by atoms with Crippen LogP contribution in [0.1, 0.15) is 64.7 Å². The lowest BCUT2D eigenvalue weighted by molar-refractivity contribution is -0.0527. The van der Waals surface area contributed by atoms with Crippen molar-refractivity contribution >= 4 is 15.9 Å². The Bertz CT molecular complexity index is 153. The highest BCUT2D eigenvalue weighted by atomic mass is 79.9. The second kappa shape index (κ2) is 7.67. The summed E-state index contributed by atoms with van der Waals surface area (Å²) in [5.41, 5.74) is 0.185. The van der Waals surface area contributed by atoms with E-state index >= 15 is 0 Å². The lowest BCUT2D eigenvalue weighted by Gasteiger charge is -2.35. The highest BCUT2D eigenvalue weighted by Gasteiger charge is 2.31. The van der Waals surface area contributed by atoms with Gasteiger partial charge in [-0.15, -0.1) is 0 Å². The molecule has 90 valence electrons. The average Bonchev–Trinajstić information content (AvgIpc) is 2.30. The fraction of sp³-hybridized carbons (Fsp3) is 1.00. The number of rotatable bonds is 7. The van der Waals surface area contributed by atoms with Crippen LogP contribution in [-0.4, -0.2) is 17.5 Å². The molecule has 0 atom stereocenters. The zero-order valence-corrected chi connectivity index (χ0v) is 11.7. The first kappa shape index (κ1) is 13.5. The lowest BCUT2D eigenvalue weighted by Crippen LogP contribution is -2.37. The Hall–Kier alpha value is 0.440. The van der Waals surface area contributed by atoms with E-state index < -0.39 is 0 Å². The van der Waals surface area contributed by atoms with Crippen LogP contribution in [0.25, 0.3) is 0 Å². The van der Waals surface area contributed by atoms with Gasteiger partial charge in [-0.2, -0.15) is 0 Å². The molecule has 1 nitrogen and oxygen atoms in total. The molecule has 0 aliphatic heterocycles. The van der Waals surface area contributed by atoms with Gasteiger partial charge < -0.3 is 4.74 Å². The Morgan fingerprint density at radius 1 is 1.07 bits per heavy atom. The molecule has 1 aliphatic carbocycles. The van der Waals surface area contributed by atoms with E-state index in [4.69, 9.17) is 4.74 Å². The molecule has 15 heavy (non-hydrogen) atoms. The van der Waals surface area contributed by atoms with Crippen LogP contribution >= 0.6 is 15.9 Å². The van der Waals surface area contributed by atoms with E-state index in [1.165, 1.54) is 57.8 Å². The van der Waals surface area contributed by atoms with E-state index in [0.717, 1.165) is 11.9 Å². The predicted molar refractivity (Wildman–Crippen MR) is 69.7 cm³/mol.